The Morgan fingerprint density at radius 2 is 2.31 bits per heavy atom. The van der Waals surface area contributed by atoms with E-state index >= 15 is 0 Å². The fourth-order valence-electron chi connectivity index (χ4n) is 1.35. The van der Waals surface area contributed by atoms with Crippen molar-refractivity contribution in [1.82, 2.24) is 5.32 Å². The van der Waals surface area contributed by atoms with Crippen LogP contribution in [0.5, 0.6) is 0 Å². The highest BCUT2D eigenvalue weighted by atomic mass is 16.4. The average molecular weight is 225 g/mol. The number of carboxylic acid groups (broad SMARTS) is 1. The third-order valence-corrected chi connectivity index (χ3v) is 2.12. The van der Waals surface area contributed by atoms with E-state index in [1.54, 1.807) is 6.26 Å². The quantitative estimate of drug-likeness (QED) is 0.713. The molecule has 0 fully saturated rings. The van der Waals surface area contributed by atoms with Crippen molar-refractivity contribution >= 4 is 11.9 Å². The van der Waals surface area contributed by atoms with Crippen LogP contribution in [0.3, 0.4) is 0 Å². The molecule has 0 saturated heterocycles. The lowest BCUT2D eigenvalue weighted by atomic mass is 10.1. The highest BCUT2D eigenvalue weighted by molar-refractivity contribution is 5.93. The van der Waals surface area contributed by atoms with E-state index in [4.69, 9.17) is 9.52 Å². The number of carboxylic acids is 1. The van der Waals surface area contributed by atoms with Crippen LogP contribution in [0.2, 0.25) is 0 Å². The summed E-state index contributed by atoms with van der Waals surface area (Å²) in [5.41, 5.74) is 0. The van der Waals surface area contributed by atoms with E-state index in [0.29, 0.717) is 0 Å². The van der Waals surface area contributed by atoms with E-state index in [1.165, 1.54) is 0 Å². The number of aliphatic carboxylic acids is 1. The third-order valence-electron chi connectivity index (χ3n) is 2.12. The minimum absolute atomic E-state index is 0.0584. The van der Waals surface area contributed by atoms with Crippen molar-refractivity contribution in [2.45, 2.75) is 32.2 Å². The molecule has 0 bridgehead atoms. The minimum atomic E-state index is -1.12. The molecule has 1 unspecified atom stereocenters. The highest BCUT2D eigenvalue weighted by Crippen LogP contribution is 2.05. The van der Waals surface area contributed by atoms with Gasteiger partial charge in [-0.05, 0) is 25.5 Å². The summed E-state index contributed by atoms with van der Waals surface area (Å²) in [6.07, 6.45) is 2.56. The molecule has 0 aliphatic carbocycles. The molecular formula is C11H15NO4. The second-order valence-electron chi connectivity index (χ2n) is 3.66. The van der Waals surface area contributed by atoms with Crippen LogP contribution >= 0.6 is 0 Å². The molecule has 1 heterocycles. The van der Waals surface area contributed by atoms with E-state index in [9.17, 15) is 9.59 Å². The first-order valence-electron chi connectivity index (χ1n) is 5.11. The van der Waals surface area contributed by atoms with Crippen molar-refractivity contribution < 1.29 is 19.1 Å². The molecule has 0 spiro atoms. The number of aryl methyl sites for hydroxylation is 1. The molecule has 16 heavy (non-hydrogen) atoms. The Balaban J connectivity index is 2.22. The molecule has 1 aromatic heterocycles. The van der Waals surface area contributed by atoms with Gasteiger partial charge in [0.15, 0.2) is 0 Å². The number of amides is 1. The number of nitrogens with one attached hydrogen (secondary N) is 1. The number of carbonyl (C=O) groups excluding carboxylic acids is 1. The predicted octanol–water partition coefficient (Wildman–Crippen LogP) is 1.19. The molecule has 1 aromatic rings. The van der Waals surface area contributed by atoms with Gasteiger partial charge in [-0.2, -0.15) is 0 Å². The van der Waals surface area contributed by atoms with E-state index in [-0.39, 0.29) is 6.04 Å². The molecular weight excluding hydrogens is 210 g/mol. The van der Waals surface area contributed by atoms with Gasteiger partial charge in [0.1, 0.15) is 12.2 Å². The van der Waals surface area contributed by atoms with Crippen molar-refractivity contribution in [3.05, 3.63) is 24.2 Å². The van der Waals surface area contributed by atoms with Crippen molar-refractivity contribution in [1.29, 1.82) is 0 Å². The normalized spacial score (nSPS) is 12.1. The number of hydrogen-bond donors (Lipinski definition) is 2. The highest BCUT2D eigenvalue weighted by Gasteiger charge is 2.11. The molecule has 5 nitrogen and oxygen atoms in total. The Morgan fingerprint density at radius 3 is 2.88 bits per heavy atom. The molecule has 0 saturated carbocycles. The first-order valence-corrected chi connectivity index (χ1v) is 5.11. The molecule has 1 rings (SSSR count). The SMILES string of the molecule is CC(CCc1ccco1)NC(=O)CC(=O)O. The number of hydrogen-bond acceptors (Lipinski definition) is 3. The molecule has 0 radical (unpaired) electrons. The monoisotopic (exact) mass is 225 g/mol. The lowest BCUT2D eigenvalue weighted by Crippen LogP contribution is -2.34. The smallest absolute Gasteiger partial charge is 0.312 e. The fraction of sp³-hybridized carbons (Fsp3) is 0.455. The van der Waals surface area contributed by atoms with Gasteiger partial charge in [0.2, 0.25) is 5.91 Å². The Hall–Kier alpha value is -1.78. The zero-order chi connectivity index (χ0) is 12.0. The predicted molar refractivity (Wildman–Crippen MR) is 56.9 cm³/mol. The van der Waals surface area contributed by atoms with Gasteiger partial charge in [-0.1, -0.05) is 0 Å². The summed E-state index contributed by atoms with van der Waals surface area (Å²) >= 11 is 0. The Labute approximate surface area is 93.4 Å². The largest absolute Gasteiger partial charge is 0.481 e. The second kappa shape index (κ2) is 5.95. The lowest BCUT2D eigenvalue weighted by molar-refractivity contribution is -0.140. The molecule has 1 atom stereocenters. The number of carbonyl (C=O) groups is 2. The molecule has 0 aliphatic rings. The molecule has 0 aromatic carbocycles. The van der Waals surface area contributed by atoms with E-state index < -0.39 is 18.3 Å². The van der Waals surface area contributed by atoms with Crippen molar-refractivity contribution in [2.75, 3.05) is 0 Å². The zero-order valence-corrected chi connectivity index (χ0v) is 9.10. The topological polar surface area (TPSA) is 79.5 Å². The van der Waals surface area contributed by atoms with Crippen LogP contribution in [0.1, 0.15) is 25.5 Å². The minimum Gasteiger partial charge on any atom is -0.481 e. The molecule has 1 amide bonds. The summed E-state index contributed by atoms with van der Waals surface area (Å²) in [5.74, 6) is -0.713. The van der Waals surface area contributed by atoms with Crippen LogP contribution in [0.4, 0.5) is 0 Å². The van der Waals surface area contributed by atoms with Gasteiger partial charge in [0, 0.05) is 12.5 Å². The summed E-state index contributed by atoms with van der Waals surface area (Å²) < 4.78 is 5.15. The Bertz CT molecular complexity index is 345. The van der Waals surface area contributed by atoms with Crippen LogP contribution in [-0.4, -0.2) is 23.0 Å². The second-order valence-corrected chi connectivity index (χ2v) is 3.66. The summed E-state index contributed by atoms with van der Waals surface area (Å²) in [6.45, 7) is 1.84. The van der Waals surface area contributed by atoms with Gasteiger partial charge < -0.3 is 14.8 Å². The summed E-state index contributed by atoms with van der Waals surface area (Å²) in [6, 6.07) is 3.62. The first-order chi connectivity index (χ1) is 7.58. The molecule has 0 aliphatic heterocycles. The van der Waals surface area contributed by atoms with Crippen LogP contribution in [0, 0.1) is 0 Å². The molecule has 5 heteroatoms. The van der Waals surface area contributed by atoms with Crippen molar-refractivity contribution in [3.63, 3.8) is 0 Å². The standard InChI is InChI=1S/C11H15NO4/c1-8(12-10(13)7-11(14)15)4-5-9-3-2-6-16-9/h2-3,6,8H,4-5,7H2,1H3,(H,12,13)(H,14,15). The Morgan fingerprint density at radius 1 is 1.56 bits per heavy atom. The lowest BCUT2D eigenvalue weighted by Gasteiger charge is -2.11. The first kappa shape index (κ1) is 12.3. The maximum atomic E-state index is 11.1. The van der Waals surface area contributed by atoms with Crippen LogP contribution in [0.25, 0.3) is 0 Å². The number of rotatable bonds is 6. The van der Waals surface area contributed by atoms with Crippen molar-refractivity contribution in [3.8, 4) is 0 Å². The van der Waals surface area contributed by atoms with Gasteiger partial charge in [0.25, 0.3) is 0 Å². The molecule has 88 valence electrons. The summed E-state index contributed by atoms with van der Waals surface area (Å²) in [7, 11) is 0. The van der Waals surface area contributed by atoms with Gasteiger partial charge in [-0.3, -0.25) is 9.59 Å². The van der Waals surface area contributed by atoms with E-state index in [0.717, 1.165) is 18.6 Å². The zero-order valence-electron chi connectivity index (χ0n) is 9.10. The Kier molecular flexibility index (Phi) is 4.57. The molecule has 2 N–H and O–H groups in total. The van der Waals surface area contributed by atoms with Crippen LogP contribution < -0.4 is 5.32 Å². The third kappa shape index (κ3) is 4.63. The van der Waals surface area contributed by atoms with Gasteiger partial charge in [-0.25, -0.2) is 0 Å². The van der Waals surface area contributed by atoms with E-state index in [2.05, 4.69) is 5.32 Å². The summed E-state index contributed by atoms with van der Waals surface area (Å²) in [5, 5.41) is 11.0. The van der Waals surface area contributed by atoms with Crippen LogP contribution in [0.15, 0.2) is 22.8 Å². The summed E-state index contributed by atoms with van der Waals surface area (Å²) in [4.78, 5) is 21.4. The maximum Gasteiger partial charge on any atom is 0.312 e. The average Bonchev–Trinajstić information content (AvgIpc) is 2.65. The van der Waals surface area contributed by atoms with Crippen molar-refractivity contribution in [2.24, 2.45) is 0 Å². The number of furan rings is 1. The van der Waals surface area contributed by atoms with Crippen LogP contribution in [-0.2, 0) is 16.0 Å². The van der Waals surface area contributed by atoms with Gasteiger partial charge in [-0.15, -0.1) is 0 Å². The van der Waals surface area contributed by atoms with Gasteiger partial charge in [0.05, 0.1) is 6.26 Å². The van der Waals surface area contributed by atoms with Gasteiger partial charge >= 0.3 is 5.97 Å². The maximum absolute atomic E-state index is 11.1. The fourth-order valence-corrected chi connectivity index (χ4v) is 1.35. The van der Waals surface area contributed by atoms with E-state index in [1.807, 2.05) is 19.1 Å².